The number of hydrogen-bond acceptors (Lipinski definition) is 2. The highest BCUT2D eigenvalue weighted by Crippen LogP contribution is 2.18. The normalized spacial score (nSPS) is 13.5. The Kier molecular flexibility index (Phi) is 10.6. The third-order valence-corrected chi connectivity index (χ3v) is 3.66. The predicted molar refractivity (Wildman–Crippen MR) is 108 cm³/mol. The summed E-state index contributed by atoms with van der Waals surface area (Å²) in [5, 5.41) is 6.56. The van der Waals surface area contributed by atoms with Gasteiger partial charge in [-0.25, -0.2) is 4.99 Å². The fourth-order valence-corrected chi connectivity index (χ4v) is 1.99. The summed E-state index contributed by atoms with van der Waals surface area (Å²) in [6.07, 6.45) is 0. The van der Waals surface area contributed by atoms with E-state index in [1.165, 1.54) is 5.56 Å². The van der Waals surface area contributed by atoms with Crippen LogP contribution in [0.2, 0.25) is 0 Å². The van der Waals surface area contributed by atoms with Crippen LogP contribution >= 0.6 is 24.0 Å². The summed E-state index contributed by atoms with van der Waals surface area (Å²) in [5.74, 6) is 1.00. The lowest BCUT2D eigenvalue weighted by molar-refractivity contribution is -0.127. The molecular formula is C17H29IN4O. The number of carbonyl (C=O) groups excluding carboxylic acids is 1. The molecule has 6 heteroatoms. The Bertz CT molecular complexity index is 491. The van der Waals surface area contributed by atoms with Crippen LogP contribution in [0.4, 0.5) is 0 Å². The molecule has 5 nitrogen and oxygen atoms in total. The van der Waals surface area contributed by atoms with Gasteiger partial charge < -0.3 is 15.5 Å². The molecule has 0 bridgehead atoms. The van der Waals surface area contributed by atoms with E-state index in [0.717, 1.165) is 6.54 Å². The smallest absolute Gasteiger partial charge is 0.243 e. The molecule has 1 amide bonds. The van der Waals surface area contributed by atoms with Crippen molar-refractivity contribution in [3.05, 3.63) is 35.9 Å². The first kappa shape index (κ1) is 21.7. The van der Waals surface area contributed by atoms with Crippen LogP contribution in [0, 0.1) is 0 Å². The van der Waals surface area contributed by atoms with Gasteiger partial charge in [0.1, 0.15) is 6.54 Å². The molecule has 0 saturated heterocycles. The van der Waals surface area contributed by atoms with Crippen molar-refractivity contribution >= 4 is 35.8 Å². The quantitative estimate of drug-likeness (QED) is 0.413. The minimum absolute atomic E-state index is 0. The summed E-state index contributed by atoms with van der Waals surface area (Å²) in [5.41, 5.74) is 1.28. The average molecular weight is 432 g/mol. The van der Waals surface area contributed by atoms with E-state index in [0.29, 0.717) is 11.9 Å². The molecule has 0 aliphatic carbocycles. The first-order valence-corrected chi connectivity index (χ1v) is 7.75. The van der Waals surface area contributed by atoms with Crippen LogP contribution in [0.25, 0.3) is 0 Å². The molecule has 1 rings (SSSR count). The lowest BCUT2D eigenvalue weighted by Crippen LogP contribution is -2.44. The molecule has 2 unspecified atom stereocenters. The number of carbonyl (C=O) groups is 1. The zero-order chi connectivity index (χ0) is 16.5. The van der Waals surface area contributed by atoms with Crippen LogP contribution < -0.4 is 10.6 Å². The Morgan fingerprint density at radius 3 is 2.35 bits per heavy atom. The van der Waals surface area contributed by atoms with Crippen LogP contribution in [0.15, 0.2) is 35.3 Å². The van der Waals surface area contributed by atoms with E-state index in [2.05, 4.69) is 41.6 Å². The van der Waals surface area contributed by atoms with Gasteiger partial charge in [-0.3, -0.25) is 4.79 Å². The summed E-state index contributed by atoms with van der Waals surface area (Å²) in [7, 11) is 3.47. The lowest BCUT2D eigenvalue weighted by Gasteiger charge is -2.24. The van der Waals surface area contributed by atoms with E-state index in [9.17, 15) is 4.79 Å². The molecule has 1 aromatic rings. The molecule has 0 spiro atoms. The van der Waals surface area contributed by atoms with Gasteiger partial charge in [-0.15, -0.1) is 24.0 Å². The first-order chi connectivity index (χ1) is 10.5. The molecule has 23 heavy (non-hydrogen) atoms. The van der Waals surface area contributed by atoms with Gasteiger partial charge in [-0.2, -0.15) is 0 Å². The third-order valence-electron chi connectivity index (χ3n) is 3.66. The molecule has 0 aromatic heterocycles. The summed E-state index contributed by atoms with van der Waals surface area (Å²) in [6, 6.07) is 10.6. The number of rotatable bonds is 6. The number of amides is 1. The summed E-state index contributed by atoms with van der Waals surface area (Å²) in [6.45, 7) is 7.22. The van der Waals surface area contributed by atoms with Gasteiger partial charge in [-0.1, -0.05) is 37.3 Å². The number of halogens is 1. The monoisotopic (exact) mass is 432 g/mol. The minimum atomic E-state index is -0.0130. The van der Waals surface area contributed by atoms with Gasteiger partial charge in [0.15, 0.2) is 5.96 Å². The minimum Gasteiger partial charge on any atom is -0.357 e. The van der Waals surface area contributed by atoms with Gasteiger partial charge in [0.25, 0.3) is 0 Å². The van der Waals surface area contributed by atoms with Crippen LogP contribution in [0.5, 0.6) is 0 Å². The molecule has 1 aromatic carbocycles. The SMILES string of the molecule is CCNC(=NCC(=O)N(C)C)NC(C)C(C)c1ccccc1.I. The van der Waals surface area contributed by atoms with E-state index in [1.807, 2.05) is 25.1 Å². The van der Waals surface area contributed by atoms with Crippen LogP contribution in [0.3, 0.4) is 0 Å². The van der Waals surface area contributed by atoms with Crippen molar-refractivity contribution in [1.82, 2.24) is 15.5 Å². The topological polar surface area (TPSA) is 56.7 Å². The van der Waals surface area contributed by atoms with Crippen LogP contribution in [0.1, 0.15) is 32.3 Å². The van der Waals surface area contributed by atoms with Crippen molar-refractivity contribution in [2.24, 2.45) is 4.99 Å². The highest BCUT2D eigenvalue weighted by atomic mass is 127. The molecule has 0 saturated carbocycles. The maximum Gasteiger partial charge on any atom is 0.243 e. The van der Waals surface area contributed by atoms with E-state index >= 15 is 0 Å². The Hall–Kier alpha value is -1.31. The van der Waals surface area contributed by atoms with Gasteiger partial charge >= 0.3 is 0 Å². The van der Waals surface area contributed by atoms with Crippen molar-refractivity contribution in [2.45, 2.75) is 32.7 Å². The lowest BCUT2D eigenvalue weighted by atomic mass is 9.94. The fraction of sp³-hybridized carbons (Fsp3) is 0.529. The van der Waals surface area contributed by atoms with Crippen molar-refractivity contribution in [3.8, 4) is 0 Å². The Balaban J connectivity index is 0.00000484. The molecule has 0 aliphatic heterocycles. The molecule has 130 valence electrons. The number of likely N-dealkylation sites (N-methyl/N-ethyl adjacent to an activating group) is 1. The van der Waals surface area contributed by atoms with Crippen molar-refractivity contribution in [1.29, 1.82) is 0 Å². The Morgan fingerprint density at radius 1 is 1.22 bits per heavy atom. The highest BCUT2D eigenvalue weighted by Gasteiger charge is 2.15. The molecule has 0 heterocycles. The molecule has 2 atom stereocenters. The summed E-state index contributed by atoms with van der Waals surface area (Å²) < 4.78 is 0. The number of hydrogen-bond donors (Lipinski definition) is 2. The number of benzene rings is 1. The zero-order valence-electron chi connectivity index (χ0n) is 14.7. The van der Waals surface area contributed by atoms with Gasteiger partial charge in [0, 0.05) is 32.6 Å². The van der Waals surface area contributed by atoms with Gasteiger partial charge in [-0.05, 0) is 19.4 Å². The number of guanidine groups is 1. The maximum atomic E-state index is 11.7. The summed E-state index contributed by atoms with van der Waals surface area (Å²) in [4.78, 5) is 17.6. The van der Waals surface area contributed by atoms with Crippen LogP contribution in [-0.2, 0) is 4.79 Å². The van der Waals surface area contributed by atoms with E-state index in [4.69, 9.17) is 0 Å². The number of aliphatic imine (C=N–C) groups is 1. The van der Waals surface area contributed by atoms with E-state index < -0.39 is 0 Å². The predicted octanol–water partition coefficient (Wildman–Crippen LogP) is 2.44. The fourth-order valence-electron chi connectivity index (χ4n) is 1.99. The molecule has 0 fully saturated rings. The second-order valence-electron chi connectivity index (χ2n) is 5.62. The van der Waals surface area contributed by atoms with Gasteiger partial charge in [0.2, 0.25) is 5.91 Å². The molecular weight excluding hydrogens is 403 g/mol. The maximum absolute atomic E-state index is 11.7. The second-order valence-corrected chi connectivity index (χ2v) is 5.62. The van der Waals surface area contributed by atoms with Crippen molar-refractivity contribution in [2.75, 3.05) is 27.2 Å². The number of nitrogens with zero attached hydrogens (tertiary/aromatic N) is 2. The average Bonchev–Trinajstić information content (AvgIpc) is 2.52. The highest BCUT2D eigenvalue weighted by molar-refractivity contribution is 14.0. The second kappa shape index (κ2) is 11.3. The van der Waals surface area contributed by atoms with Crippen molar-refractivity contribution in [3.63, 3.8) is 0 Å². The van der Waals surface area contributed by atoms with Crippen LogP contribution in [-0.4, -0.2) is 50.0 Å². The van der Waals surface area contributed by atoms with Gasteiger partial charge in [0.05, 0.1) is 0 Å². The zero-order valence-corrected chi connectivity index (χ0v) is 17.0. The van der Waals surface area contributed by atoms with E-state index in [1.54, 1.807) is 19.0 Å². The molecule has 0 radical (unpaired) electrons. The van der Waals surface area contributed by atoms with E-state index in [-0.39, 0.29) is 42.5 Å². The standard InChI is InChI=1S/C17H28N4O.HI/c1-6-18-17(19-12-16(22)21(4)5)20-14(3)13(2)15-10-8-7-9-11-15;/h7-11,13-14H,6,12H2,1-5H3,(H2,18,19,20);1H. The summed E-state index contributed by atoms with van der Waals surface area (Å²) >= 11 is 0. The molecule has 0 aliphatic rings. The third kappa shape index (κ3) is 7.67. The Morgan fingerprint density at radius 2 is 1.83 bits per heavy atom. The molecule has 2 N–H and O–H groups in total. The Labute approximate surface area is 157 Å². The largest absolute Gasteiger partial charge is 0.357 e. The number of nitrogens with one attached hydrogen (secondary N) is 2. The first-order valence-electron chi connectivity index (χ1n) is 7.75. The van der Waals surface area contributed by atoms with Crippen molar-refractivity contribution < 1.29 is 4.79 Å².